The van der Waals surface area contributed by atoms with E-state index in [-0.39, 0.29) is 24.5 Å². The molecule has 1 aliphatic carbocycles. The van der Waals surface area contributed by atoms with Crippen molar-refractivity contribution in [2.45, 2.75) is 25.2 Å². The van der Waals surface area contributed by atoms with Crippen LogP contribution in [0.4, 0.5) is 0 Å². The van der Waals surface area contributed by atoms with Gasteiger partial charge in [0.1, 0.15) is 6.23 Å². The van der Waals surface area contributed by atoms with Crippen LogP contribution in [0.3, 0.4) is 0 Å². The van der Waals surface area contributed by atoms with E-state index in [0.29, 0.717) is 5.56 Å². The quantitative estimate of drug-likeness (QED) is 0.789. The topological polar surface area (TPSA) is 84.3 Å². The molecule has 0 unspecified atom stereocenters. The first kappa shape index (κ1) is 15.5. The summed E-state index contributed by atoms with van der Waals surface area (Å²) in [6.07, 6.45) is 8.12. The number of hydrogen-bond acceptors (Lipinski definition) is 4. The van der Waals surface area contributed by atoms with E-state index in [1.807, 2.05) is 0 Å². The monoisotopic (exact) mass is 368 g/mol. The van der Waals surface area contributed by atoms with Crippen molar-refractivity contribution < 1.29 is 9.84 Å². The first-order valence-electron chi connectivity index (χ1n) is 7.19. The van der Waals surface area contributed by atoms with Gasteiger partial charge in [0.2, 0.25) is 0 Å². The summed E-state index contributed by atoms with van der Waals surface area (Å²) in [6, 6.07) is 0. The van der Waals surface area contributed by atoms with Crippen molar-refractivity contribution in [3.05, 3.63) is 49.7 Å². The average molecular weight is 369 g/mol. The van der Waals surface area contributed by atoms with Gasteiger partial charge in [-0.2, -0.15) is 0 Å². The second-order valence-electron chi connectivity index (χ2n) is 5.56. The highest BCUT2D eigenvalue weighted by atomic mass is 79.9. The summed E-state index contributed by atoms with van der Waals surface area (Å²) < 4.78 is 7.34. The predicted octanol–water partition coefficient (Wildman–Crippen LogP) is 1.37. The Morgan fingerprint density at radius 1 is 1.36 bits per heavy atom. The minimum Gasteiger partial charge on any atom is -0.394 e. The molecule has 1 aliphatic heterocycles. The van der Waals surface area contributed by atoms with Gasteiger partial charge in [0.25, 0.3) is 5.56 Å². The molecule has 3 rings (SSSR count). The summed E-state index contributed by atoms with van der Waals surface area (Å²) in [4.78, 5) is 27.8. The van der Waals surface area contributed by atoms with Crippen molar-refractivity contribution in [2.75, 3.05) is 6.61 Å². The summed E-state index contributed by atoms with van der Waals surface area (Å²) in [5.74, 6) is 0.306. The molecule has 118 valence electrons. The van der Waals surface area contributed by atoms with Crippen LogP contribution < -0.4 is 11.2 Å². The zero-order valence-electron chi connectivity index (χ0n) is 11.8. The molecule has 0 amide bonds. The van der Waals surface area contributed by atoms with Gasteiger partial charge in [-0.25, -0.2) is 4.79 Å². The molecule has 1 fully saturated rings. The molecule has 1 aromatic rings. The number of aliphatic hydroxyl groups is 1. The molecule has 0 saturated carbocycles. The molecular weight excluding hydrogens is 352 g/mol. The van der Waals surface area contributed by atoms with Crippen molar-refractivity contribution in [1.82, 2.24) is 9.55 Å². The number of ether oxygens (including phenoxy) is 1. The second kappa shape index (κ2) is 6.36. The van der Waals surface area contributed by atoms with Crippen LogP contribution in [0.2, 0.25) is 0 Å². The average Bonchev–Trinajstić information content (AvgIpc) is 2.89. The van der Waals surface area contributed by atoms with Crippen molar-refractivity contribution in [3.63, 3.8) is 0 Å². The Morgan fingerprint density at radius 2 is 2.09 bits per heavy atom. The van der Waals surface area contributed by atoms with Crippen molar-refractivity contribution in [2.24, 2.45) is 11.8 Å². The lowest BCUT2D eigenvalue weighted by Crippen LogP contribution is -2.35. The van der Waals surface area contributed by atoms with Gasteiger partial charge >= 0.3 is 5.69 Å². The van der Waals surface area contributed by atoms with Gasteiger partial charge in [-0.05, 0) is 29.8 Å². The van der Waals surface area contributed by atoms with Gasteiger partial charge in [-0.15, -0.1) is 0 Å². The molecule has 6 nitrogen and oxygen atoms in total. The van der Waals surface area contributed by atoms with Crippen molar-refractivity contribution in [1.29, 1.82) is 0 Å². The van der Waals surface area contributed by atoms with E-state index in [1.54, 1.807) is 11.1 Å². The van der Waals surface area contributed by atoms with Gasteiger partial charge in [0, 0.05) is 12.1 Å². The van der Waals surface area contributed by atoms with E-state index in [1.165, 1.54) is 10.8 Å². The Bertz CT molecular complexity index is 721. The van der Waals surface area contributed by atoms with E-state index in [4.69, 9.17) is 4.74 Å². The Morgan fingerprint density at radius 3 is 2.77 bits per heavy atom. The molecule has 0 aromatic carbocycles. The number of hydrogen-bond donors (Lipinski definition) is 2. The molecule has 1 aromatic heterocycles. The smallest absolute Gasteiger partial charge is 0.330 e. The highest BCUT2D eigenvalue weighted by molar-refractivity contribution is 9.11. The fourth-order valence-electron chi connectivity index (χ4n) is 3.32. The van der Waals surface area contributed by atoms with Gasteiger partial charge < -0.3 is 9.84 Å². The van der Waals surface area contributed by atoms with Crippen LogP contribution >= 0.6 is 15.9 Å². The van der Waals surface area contributed by atoms with Gasteiger partial charge in [-0.3, -0.25) is 14.3 Å². The molecule has 0 spiro atoms. The summed E-state index contributed by atoms with van der Waals surface area (Å²) in [7, 11) is 0. The van der Waals surface area contributed by atoms with Crippen LogP contribution in [0.25, 0.3) is 6.08 Å². The number of rotatable bonds is 3. The van der Waals surface area contributed by atoms with Crippen molar-refractivity contribution >= 4 is 22.0 Å². The molecule has 4 atom stereocenters. The van der Waals surface area contributed by atoms with Crippen LogP contribution in [0.5, 0.6) is 0 Å². The lowest BCUT2D eigenvalue weighted by atomic mass is 9.81. The van der Waals surface area contributed by atoms with Crippen LogP contribution in [-0.4, -0.2) is 27.4 Å². The SMILES string of the molecule is O=c1[nH]c(=O)n([C@H]2O[C@H](CO)[C@H]3CC=CC[C@H]32)cc1/C=C/Br. The minimum atomic E-state index is -0.492. The fourth-order valence-corrected chi connectivity index (χ4v) is 3.60. The minimum absolute atomic E-state index is 0.0717. The first-order chi connectivity index (χ1) is 10.7. The fraction of sp³-hybridized carbons (Fsp3) is 0.467. The maximum Gasteiger partial charge on any atom is 0.330 e. The third kappa shape index (κ3) is 2.64. The maximum atomic E-state index is 12.2. The summed E-state index contributed by atoms with van der Waals surface area (Å²) in [5.41, 5.74) is -0.558. The highest BCUT2D eigenvalue weighted by Gasteiger charge is 2.45. The molecule has 1 saturated heterocycles. The van der Waals surface area contributed by atoms with Crippen LogP contribution in [0, 0.1) is 11.8 Å². The molecular formula is C15H17BrN2O4. The molecule has 2 aliphatic rings. The Kier molecular flexibility index (Phi) is 4.46. The number of fused-ring (bicyclic) bond motifs is 1. The molecule has 2 N–H and O–H groups in total. The zero-order chi connectivity index (χ0) is 15.7. The van der Waals surface area contributed by atoms with Gasteiger partial charge in [-0.1, -0.05) is 28.1 Å². The van der Waals surface area contributed by atoms with Crippen LogP contribution in [0.15, 0.2) is 32.9 Å². The molecule has 0 bridgehead atoms. The summed E-state index contributed by atoms with van der Waals surface area (Å²) in [5, 5.41) is 9.51. The van der Waals surface area contributed by atoms with E-state index >= 15 is 0 Å². The van der Waals surface area contributed by atoms with E-state index in [9.17, 15) is 14.7 Å². The summed E-state index contributed by atoms with van der Waals surface area (Å²) in [6.45, 7) is -0.0717. The van der Waals surface area contributed by atoms with Crippen LogP contribution in [0.1, 0.15) is 24.6 Å². The number of aliphatic hydroxyl groups excluding tert-OH is 1. The first-order valence-corrected chi connectivity index (χ1v) is 8.11. The lowest BCUT2D eigenvalue weighted by Gasteiger charge is -2.25. The predicted molar refractivity (Wildman–Crippen MR) is 85.6 cm³/mol. The largest absolute Gasteiger partial charge is 0.394 e. The van der Waals surface area contributed by atoms with E-state index in [0.717, 1.165) is 12.8 Å². The number of halogens is 1. The number of H-pyrrole nitrogens is 1. The van der Waals surface area contributed by atoms with E-state index < -0.39 is 17.5 Å². The Balaban J connectivity index is 2.03. The Labute approximate surface area is 135 Å². The second-order valence-corrected chi connectivity index (χ2v) is 6.09. The zero-order valence-corrected chi connectivity index (χ0v) is 13.4. The Hall–Kier alpha value is -1.44. The molecule has 0 radical (unpaired) electrons. The lowest BCUT2D eigenvalue weighted by molar-refractivity contribution is -0.0389. The maximum absolute atomic E-state index is 12.2. The molecule has 7 heteroatoms. The number of nitrogens with one attached hydrogen (secondary N) is 1. The summed E-state index contributed by atoms with van der Waals surface area (Å²) >= 11 is 3.13. The number of allylic oxidation sites excluding steroid dienone is 2. The number of nitrogens with zero attached hydrogens (tertiary/aromatic N) is 1. The normalized spacial score (nSPS) is 30.8. The van der Waals surface area contributed by atoms with E-state index in [2.05, 4.69) is 33.1 Å². The van der Waals surface area contributed by atoms with Crippen LogP contribution in [-0.2, 0) is 4.74 Å². The third-order valence-corrected chi connectivity index (χ3v) is 4.65. The molecule has 2 heterocycles. The van der Waals surface area contributed by atoms with Gasteiger partial charge in [0.05, 0.1) is 18.3 Å². The molecule has 22 heavy (non-hydrogen) atoms. The standard InChI is InChI=1S/C15H17BrN2O4/c16-6-5-9-7-18(15(21)17-13(9)20)14-11-4-2-1-3-10(11)12(8-19)22-14/h1-2,5-7,10-12,14,19H,3-4,8H2,(H,17,20,21)/b6-5+/t10-,11+,12+,14-/m0/s1. The number of aromatic amines is 1. The van der Waals surface area contributed by atoms with Gasteiger partial charge in [0.15, 0.2) is 0 Å². The van der Waals surface area contributed by atoms with Crippen molar-refractivity contribution in [3.8, 4) is 0 Å². The number of aromatic nitrogens is 2. The third-order valence-electron chi connectivity index (χ3n) is 4.38. The highest BCUT2D eigenvalue weighted by Crippen LogP contribution is 2.44.